The molecular formula is C12H12FN5O2S. The number of halogens is 1. The highest BCUT2D eigenvalue weighted by Crippen LogP contribution is 2.14. The van der Waals surface area contributed by atoms with Gasteiger partial charge in [0.2, 0.25) is 10.0 Å². The zero-order valence-corrected chi connectivity index (χ0v) is 11.7. The Morgan fingerprint density at radius 3 is 2.90 bits per heavy atom. The predicted molar refractivity (Wildman–Crippen MR) is 71.0 cm³/mol. The molecule has 0 saturated heterocycles. The third kappa shape index (κ3) is 3.84. The molecule has 110 valence electrons. The minimum atomic E-state index is -3.76. The van der Waals surface area contributed by atoms with Crippen molar-refractivity contribution in [1.29, 1.82) is 5.26 Å². The molecule has 0 atom stereocenters. The lowest BCUT2D eigenvalue weighted by Gasteiger charge is -2.06. The number of hydrogen-bond acceptors (Lipinski definition) is 5. The van der Waals surface area contributed by atoms with Crippen molar-refractivity contribution in [3.63, 3.8) is 0 Å². The first-order valence-corrected chi connectivity index (χ1v) is 7.55. The van der Waals surface area contributed by atoms with Crippen LogP contribution in [-0.4, -0.2) is 30.1 Å². The van der Waals surface area contributed by atoms with E-state index < -0.39 is 15.8 Å². The number of aryl methyl sites for hydroxylation is 1. The molecule has 0 aliphatic carbocycles. The van der Waals surface area contributed by atoms with Crippen molar-refractivity contribution < 1.29 is 12.8 Å². The van der Waals surface area contributed by atoms with Crippen molar-refractivity contribution in [2.45, 2.75) is 17.7 Å². The summed E-state index contributed by atoms with van der Waals surface area (Å²) in [5, 5.41) is 15.1. The van der Waals surface area contributed by atoms with Gasteiger partial charge in [0.25, 0.3) is 0 Å². The molecule has 0 saturated carbocycles. The summed E-state index contributed by atoms with van der Waals surface area (Å²) >= 11 is 0. The fourth-order valence-electron chi connectivity index (χ4n) is 1.65. The average Bonchev–Trinajstić information content (AvgIpc) is 2.97. The lowest BCUT2D eigenvalue weighted by atomic mass is 10.2. The largest absolute Gasteiger partial charge is 0.263 e. The van der Waals surface area contributed by atoms with E-state index in [0.29, 0.717) is 18.7 Å². The van der Waals surface area contributed by atoms with Crippen LogP contribution in [-0.2, 0) is 16.4 Å². The van der Waals surface area contributed by atoms with Gasteiger partial charge in [0, 0.05) is 13.0 Å². The third-order valence-electron chi connectivity index (χ3n) is 2.72. The third-order valence-corrected chi connectivity index (χ3v) is 4.17. The summed E-state index contributed by atoms with van der Waals surface area (Å²) in [5.41, 5.74) is -0.306. The van der Waals surface area contributed by atoms with Crippen molar-refractivity contribution in [2.75, 3.05) is 6.54 Å². The van der Waals surface area contributed by atoms with E-state index in [2.05, 4.69) is 19.9 Å². The monoisotopic (exact) mass is 309 g/mol. The number of aromatic nitrogens is 3. The van der Waals surface area contributed by atoms with E-state index in [0.717, 1.165) is 18.2 Å². The molecule has 2 aromatic rings. The minimum Gasteiger partial charge on any atom is -0.263 e. The smallest absolute Gasteiger partial charge is 0.240 e. The SMILES string of the molecule is N#Cc1cc(S(=O)(=O)NCCCc2ncn[nH]2)ccc1F. The molecule has 0 bridgehead atoms. The maximum absolute atomic E-state index is 13.2. The Morgan fingerprint density at radius 1 is 1.43 bits per heavy atom. The van der Waals surface area contributed by atoms with Crippen LogP contribution in [0.5, 0.6) is 0 Å². The van der Waals surface area contributed by atoms with Gasteiger partial charge in [-0.25, -0.2) is 22.5 Å². The fourth-order valence-corrected chi connectivity index (χ4v) is 2.75. The summed E-state index contributed by atoms with van der Waals surface area (Å²) in [6.07, 6.45) is 2.46. The van der Waals surface area contributed by atoms with Crippen molar-refractivity contribution >= 4 is 10.0 Å². The van der Waals surface area contributed by atoms with Crippen molar-refractivity contribution in [3.8, 4) is 6.07 Å². The number of benzene rings is 1. The van der Waals surface area contributed by atoms with Crippen LogP contribution < -0.4 is 4.72 Å². The quantitative estimate of drug-likeness (QED) is 0.764. The lowest BCUT2D eigenvalue weighted by Crippen LogP contribution is -2.25. The van der Waals surface area contributed by atoms with Gasteiger partial charge >= 0.3 is 0 Å². The highest BCUT2D eigenvalue weighted by Gasteiger charge is 2.15. The molecule has 9 heteroatoms. The number of rotatable bonds is 6. The molecule has 0 fully saturated rings. The Morgan fingerprint density at radius 2 is 2.24 bits per heavy atom. The Bertz CT molecular complexity index is 752. The number of aromatic amines is 1. The van der Waals surface area contributed by atoms with Crippen molar-refractivity contribution in [3.05, 3.63) is 41.7 Å². The molecule has 1 aromatic heterocycles. The van der Waals surface area contributed by atoms with Gasteiger partial charge in [0.1, 0.15) is 24.0 Å². The first kappa shape index (κ1) is 15.1. The number of nitrogens with zero attached hydrogens (tertiary/aromatic N) is 3. The summed E-state index contributed by atoms with van der Waals surface area (Å²) in [6, 6.07) is 4.69. The number of sulfonamides is 1. The van der Waals surface area contributed by atoms with Crippen molar-refractivity contribution in [1.82, 2.24) is 19.9 Å². The van der Waals surface area contributed by atoms with Gasteiger partial charge in [-0.05, 0) is 24.6 Å². The van der Waals surface area contributed by atoms with Gasteiger partial charge in [0.15, 0.2) is 0 Å². The van der Waals surface area contributed by atoms with Crippen LogP contribution in [0.3, 0.4) is 0 Å². The molecule has 0 unspecified atom stereocenters. The summed E-state index contributed by atoms with van der Waals surface area (Å²) in [7, 11) is -3.76. The Hall–Kier alpha value is -2.31. The molecule has 7 nitrogen and oxygen atoms in total. The van der Waals surface area contributed by atoms with Crippen LogP contribution >= 0.6 is 0 Å². The number of nitriles is 1. The molecule has 1 aromatic carbocycles. The summed E-state index contributed by atoms with van der Waals surface area (Å²) in [5.74, 6) is -0.0792. The van der Waals surface area contributed by atoms with E-state index in [1.54, 1.807) is 6.07 Å². The van der Waals surface area contributed by atoms with E-state index in [1.165, 1.54) is 6.33 Å². The van der Waals surface area contributed by atoms with Gasteiger partial charge in [-0.1, -0.05) is 0 Å². The van der Waals surface area contributed by atoms with E-state index in [-0.39, 0.29) is 17.0 Å². The van der Waals surface area contributed by atoms with Gasteiger partial charge in [-0.2, -0.15) is 10.4 Å². The second-order valence-corrected chi connectivity index (χ2v) is 5.95. The molecule has 0 spiro atoms. The normalized spacial score (nSPS) is 11.2. The number of nitrogens with one attached hydrogen (secondary N) is 2. The maximum atomic E-state index is 13.2. The van der Waals surface area contributed by atoms with E-state index in [4.69, 9.17) is 5.26 Å². The highest BCUT2D eigenvalue weighted by molar-refractivity contribution is 7.89. The van der Waals surface area contributed by atoms with Crippen LogP contribution in [0.15, 0.2) is 29.4 Å². The van der Waals surface area contributed by atoms with E-state index >= 15 is 0 Å². The standard InChI is InChI=1S/C12H12FN5O2S/c13-11-4-3-10(6-9(11)7-14)21(19,20)17-5-1-2-12-15-8-16-18-12/h3-4,6,8,17H,1-2,5H2,(H,15,16,18). The zero-order chi connectivity index (χ0) is 15.3. The van der Waals surface area contributed by atoms with Gasteiger partial charge in [-0.15, -0.1) is 0 Å². The van der Waals surface area contributed by atoms with Gasteiger partial charge in [-0.3, -0.25) is 5.10 Å². The van der Waals surface area contributed by atoms with Crippen LogP contribution in [0.4, 0.5) is 4.39 Å². The van der Waals surface area contributed by atoms with Crippen molar-refractivity contribution in [2.24, 2.45) is 0 Å². The molecule has 2 rings (SSSR count). The zero-order valence-electron chi connectivity index (χ0n) is 10.9. The Kier molecular flexibility index (Phi) is 4.62. The van der Waals surface area contributed by atoms with Gasteiger partial charge < -0.3 is 0 Å². The number of H-pyrrole nitrogens is 1. The Balaban J connectivity index is 1.97. The molecule has 1 heterocycles. The summed E-state index contributed by atoms with van der Waals surface area (Å²) < 4.78 is 39.5. The fraction of sp³-hybridized carbons (Fsp3) is 0.250. The molecule has 21 heavy (non-hydrogen) atoms. The van der Waals surface area contributed by atoms with Crippen LogP contribution in [0.1, 0.15) is 17.8 Å². The highest BCUT2D eigenvalue weighted by atomic mass is 32.2. The molecule has 0 aliphatic heterocycles. The maximum Gasteiger partial charge on any atom is 0.240 e. The first-order chi connectivity index (χ1) is 10.0. The van der Waals surface area contributed by atoms with Crippen LogP contribution in [0, 0.1) is 17.1 Å². The second-order valence-electron chi connectivity index (χ2n) is 4.19. The Labute approximate surface area is 120 Å². The number of hydrogen-bond donors (Lipinski definition) is 2. The lowest BCUT2D eigenvalue weighted by molar-refractivity contribution is 0.577. The van der Waals surface area contributed by atoms with Crippen LogP contribution in [0.2, 0.25) is 0 Å². The average molecular weight is 309 g/mol. The van der Waals surface area contributed by atoms with Gasteiger partial charge in [0.05, 0.1) is 10.5 Å². The molecular weight excluding hydrogens is 297 g/mol. The molecule has 2 N–H and O–H groups in total. The minimum absolute atomic E-state index is 0.139. The molecule has 0 amide bonds. The second kappa shape index (κ2) is 6.43. The van der Waals surface area contributed by atoms with E-state index in [9.17, 15) is 12.8 Å². The van der Waals surface area contributed by atoms with E-state index in [1.807, 2.05) is 0 Å². The first-order valence-electron chi connectivity index (χ1n) is 6.06. The topological polar surface area (TPSA) is 112 Å². The predicted octanol–water partition coefficient (Wildman–Crippen LogP) is 0.727. The van der Waals surface area contributed by atoms with Crippen LogP contribution in [0.25, 0.3) is 0 Å². The molecule has 0 radical (unpaired) electrons. The summed E-state index contributed by atoms with van der Waals surface area (Å²) in [6.45, 7) is 0.197. The molecule has 0 aliphatic rings. The summed E-state index contributed by atoms with van der Waals surface area (Å²) in [4.78, 5) is 3.78.